The normalized spacial score (nSPS) is 13.5. The van der Waals surface area contributed by atoms with Crippen molar-refractivity contribution >= 4 is 5.91 Å². The highest BCUT2D eigenvalue weighted by molar-refractivity contribution is 5.82. The molecule has 0 fully saturated rings. The van der Waals surface area contributed by atoms with Gasteiger partial charge in [-0.25, -0.2) is 0 Å². The van der Waals surface area contributed by atoms with Crippen LogP contribution in [0.15, 0.2) is 0 Å². The van der Waals surface area contributed by atoms with E-state index in [0.717, 1.165) is 13.0 Å². The highest BCUT2D eigenvalue weighted by atomic mass is 16.2. The third-order valence-corrected chi connectivity index (χ3v) is 3.25. The van der Waals surface area contributed by atoms with Crippen molar-refractivity contribution in [3.8, 4) is 0 Å². The van der Waals surface area contributed by atoms with Gasteiger partial charge >= 0.3 is 0 Å². The molecule has 0 heterocycles. The molecule has 0 aromatic rings. The van der Waals surface area contributed by atoms with Crippen molar-refractivity contribution in [2.24, 2.45) is 0 Å². The van der Waals surface area contributed by atoms with Crippen molar-refractivity contribution in [1.82, 2.24) is 9.80 Å². The minimum absolute atomic E-state index is 0.0219. The fraction of sp³-hybridized carbons (Fsp3) is 0.929. The standard InChI is InChI=1S/C14H30N2O/c1-8-9-10-15(7)13(6)14(17)16(11(2)3)12(4)5/h11-13H,8-10H2,1-7H3. The highest BCUT2D eigenvalue weighted by Gasteiger charge is 2.27. The van der Waals surface area contributed by atoms with Gasteiger partial charge in [-0.05, 0) is 54.6 Å². The van der Waals surface area contributed by atoms with Crippen LogP contribution in [0.4, 0.5) is 0 Å². The Hall–Kier alpha value is -0.570. The minimum atomic E-state index is -0.0219. The van der Waals surface area contributed by atoms with Crippen LogP contribution in [0, 0.1) is 0 Å². The first-order chi connectivity index (χ1) is 7.82. The molecule has 0 rings (SSSR count). The fourth-order valence-corrected chi connectivity index (χ4v) is 2.11. The zero-order valence-electron chi connectivity index (χ0n) is 12.7. The molecule has 3 nitrogen and oxygen atoms in total. The number of likely N-dealkylation sites (N-methyl/N-ethyl adjacent to an activating group) is 1. The Labute approximate surface area is 107 Å². The van der Waals surface area contributed by atoms with Crippen molar-refractivity contribution in [2.75, 3.05) is 13.6 Å². The summed E-state index contributed by atoms with van der Waals surface area (Å²) in [5, 5.41) is 0. The molecule has 0 N–H and O–H groups in total. The summed E-state index contributed by atoms with van der Waals surface area (Å²) in [6.45, 7) is 13.5. The predicted molar refractivity (Wildman–Crippen MR) is 74.1 cm³/mol. The summed E-state index contributed by atoms with van der Waals surface area (Å²) in [5.74, 6) is 0.244. The summed E-state index contributed by atoms with van der Waals surface area (Å²) in [6, 6.07) is 0.514. The van der Waals surface area contributed by atoms with E-state index >= 15 is 0 Å². The number of hydrogen-bond donors (Lipinski definition) is 0. The van der Waals surface area contributed by atoms with Crippen LogP contribution in [0.3, 0.4) is 0 Å². The van der Waals surface area contributed by atoms with Crippen LogP contribution in [0.1, 0.15) is 54.4 Å². The molecule has 0 saturated heterocycles. The van der Waals surface area contributed by atoms with E-state index < -0.39 is 0 Å². The molecule has 0 radical (unpaired) electrons. The van der Waals surface area contributed by atoms with Crippen molar-refractivity contribution in [1.29, 1.82) is 0 Å². The maximum atomic E-state index is 12.4. The Bertz CT molecular complexity index is 218. The molecule has 0 aromatic heterocycles. The number of nitrogens with zero attached hydrogens (tertiary/aromatic N) is 2. The van der Waals surface area contributed by atoms with Crippen LogP contribution >= 0.6 is 0 Å². The summed E-state index contributed by atoms with van der Waals surface area (Å²) < 4.78 is 0. The lowest BCUT2D eigenvalue weighted by Gasteiger charge is -2.35. The van der Waals surface area contributed by atoms with Crippen LogP contribution in [-0.2, 0) is 4.79 Å². The number of amides is 1. The first-order valence-corrected chi connectivity index (χ1v) is 6.85. The lowest BCUT2D eigenvalue weighted by atomic mass is 10.1. The second-order valence-electron chi connectivity index (χ2n) is 5.44. The molecule has 102 valence electrons. The molecule has 0 aliphatic rings. The molecule has 0 aromatic carbocycles. The van der Waals surface area contributed by atoms with Gasteiger partial charge in [0.2, 0.25) is 5.91 Å². The lowest BCUT2D eigenvalue weighted by molar-refractivity contribution is -0.139. The fourth-order valence-electron chi connectivity index (χ4n) is 2.11. The molecule has 17 heavy (non-hydrogen) atoms. The van der Waals surface area contributed by atoms with Crippen molar-refractivity contribution in [3.05, 3.63) is 0 Å². The van der Waals surface area contributed by atoms with E-state index in [1.165, 1.54) is 6.42 Å². The summed E-state index contributed by atoms with van der Waals surface area (Å²) >= 11 is 0. The molecule has 0 spiro atoms. The summed E-state index contributed by atoms with van der Waals surface area (Å²) in [4.78, 5) is 16.6. The van der Waals surface area contributed by atoms with Crippen LogP contribution in [0.2, 0.25) is 0 Å². The number of rotatable bonds is 7. The molecule has 0 aliphatic heterocycles. The third-order valence-electron chi connectivity index (χ3n) is 3.25. The average molecular weight is 242 g/mol. The second-order valence-corrected chi connectivity index (χ2v) is 5.44. The van der Waals surface area contributed by atoms with Gasteiger partial charge in [0.05, 0.1) is 6.04 Å². The van der Waals surface area contributed by atoms with Gasteiger partial charge < -0.3 is 4.90 Å². The Morgan fingerprint density at radius 3 is 1.88 bits per heavy atom. The van der Waals surface area contributed by atoms with E-state index in [0.29, 0.717) is 0 Å². The van der Waals surface area contributed by atoms with Gasteiger partial charge in [0.15, 0.2) is 0 Å². The van der Waals surface area contributed by atoms with Gasteiger partial charge in [0, 0.05) is 12.1 Å². The first kappa shape index (κ1) is 16.4. The third kappa shape index (κ3) is 5.07. The highest BCUT2D eigenvalue weighted by Crippen LogP contribution is 2.11. The molecule has 3 heteroatoms. The van der Waals surface area contributed by atoms with Crippen LogP contribution in [0.25, 0.3) is 0 Å². The number of unbranched alkanes of at least 4 members (excludes halogenated alkanes) is 1. The van der Waals surface area contributed by atoms with Gasteiger partial charge in [-0.1, -0.05) is 13.3 Å². The monoisotopic (exact) mass is 242 g/mol. The van der Waals surface area contributed by atoms with E-state index in [4.69, 9.17) is 0 Å². The Morgan fingerprint density at radius 1 is 1.06 bits per heavy atom. The zero-order chi connectivity index (χ0) is 13.6. The smallest absolute Gasteiger partial charge is 0.240 e. The molecule has 1 amide bonds. The number of carbonyl (C=O) groups excluding carboxylic acids is 1. The molecule has 0 aliphatic carbocycles. The molecular formula is C14H30N2O. The lowest BCUT2D eigenvalue weighted by Crippen LogP contribution is -2.51. The van der Waals surface area contributed by atoms with E-state index in [9.17, 15) is 4.79 Å². The van der Waals surface area contributed by atoms with Gasteiger partial charge in [0.1, 0.15) is 0 Å². The second kappa shape index (κ2) is 7.70. The van der Waals surface area contributed by atoms with Crippen molar-refractivity contribution < 1.29 is 4.79 Å². The molecule has 0 bridgehead atoms. The first-order valence-electron chi connectivity index (χ1n) is 6.85. The molecular weight excluding hydrogens is 212 g/mol. The maximum absolute atomic E-state index is 12.4. The van der Waals surface area contributed by atoms with Gasteiger partial charge in [-0.15, -0.1) is 0 Å². The summed E-state index contributed by atoms with van der Waals surface area (Å²) in [6.07, 6.45) is 2.32. The number of carbonyl (C=O) groups is 1. The minimum Gasteiger partial charge on any atom is -0.336 e. The van der Waals surface area contributed by atoms with E-state index in [1.807, 2.05) is 18.9 Å². The Kier molecular flexibility index (Phi) is 7.44. The predicted octanol–water partition coefficient (Wildman–Crippen LogP) is 2.75. The topological polar surface area (TPSA) is 23.6 Å². The SMILES string of the molecule is CCCCN(C)C(C)C(=O)N(C(C)C)C(C)C. The molecule has 0 saturated carbocycles. The van der Waals surface area contributed by atoms with Gasteiger partial charge in [-0.2, -0.15) is 0 Å². The Morgan fingerprint density at radius 2 is 1.53 bits per heavy atom. The van der Waals surface area contributed by atoms with E-state index in [-0.39, 0.29) is 24.0 Å². The average Bonchev–Trinajstić information content (AvgIpc) is 2.23. The largest absolute Gasteiger partial charge is 0.336 e. The van der Waals surface area contributed by atoms with E-state index in [2.05, 4.69) is 39.5 Å². The van der Waals surface area contributed by atoms with Crippen molar-refractivity contribution in [2.45, 2.75) is 72.5 Å². The summed E-state index contributed by atoms with van der Waals surface area (Å²) in [5.41, 5.74) is 0. The van der Waals surface area contributed by atoms with E-state index in [1.54, 1.807) is 0 Å². The van der Waals surface area contributed by atoms with Crippen LogP contribution < -0.4 is 0 Å². The summed E-state index contributed by atoms with van der Waals surface area (Å²) in [7, 11) is 2.04. The quantitative estimate of drug-likeness (QED) is 0.685. The molecule has 1 atom stereocenters. The van der Waals surface area contributed by atoms with Crippen molar-refractivity contribution in [3.63, 3.8) is 0 Å². The maximum Gasteiger partial charge on any atom is 0.240 e. The zero-order valence-corrected chi connectivity index (χ0v) is 12.7. The Balaban J connectivity index is 4.54. The van der Waals surface area contributed by atoms with Gasteiger partial charge in [0.25, 0.3) is 0 Å². The van der Waals surface area contributed by atoms with Crippen LogP contribution in [0.5, 0.6) is 0 Å². The molecule has 1 unspecified atom stereocenters. The number of hydrogen-bond acceptors (Lipinski definition) is 2. The van der Waals surface area contributed by atoms with Gasteiger partial charge in [-0.3, -0.25) is 9.69 Å². The van der Waals surface area contributed by atoms with Crippen LogP contribution in [-0.4, -0.2) is 47.4 Å².